The van der Waals surface area contributed by atoms with Crippen molar-refractivity contribution in [3.8, 4) is 11.8 Å². The molecule has 0 radical (unpaired) electrons. The van der Waals surface area contributed by atoms with Crippen LogP contribution in [-0.2, 0) is 0 Å². The van der Waals surface area contributed by atoms with Crippen LogP contribution in [0.1, 0.15) is 41.5 Å². The van der Waals surface area contributed by atoms with Gasteiger partial charge in [0.1, 0.15) is 0 Å². The highest BCUT2D eigenvalue weighted by Crippen LogP contribution is 2.11. The largest absolute Gasteiger partial charge is 0.0999 e. The third kappa shape index (κ3) is 6.46. The second-order valence-electron chi connectivity index (χ2n) is 4.32. The van der Waals surface area contributed by atoms with Crippen LogP contribution in [-0.4, -0.2) is 0 Å². The maximum absolute atomic E-state index is 3.27. The van der Waals surface area contributed by atoms with Gasteiger partial charge in [0, 0.05) is 11.8 Å². The summed E-state index contributed by atoms with van der Waals surface area (Å²) in [6.07, 6.45) is 2.29. The van der Waals surface area contributed by atoms with Crippen molar-refractivity contribution in [3.63, 3.8) is 0 Å². The zero-order valence-electron chi connectivity index (χ0n) is 9.81. The molecule has 0 bridgehead atoms. The Morgan fingerprint density at radius 2 is 1.54 bits per heavy atom. The molecular formula is C13H22. The zero-order valence-corrected chi connectivity index (χ0v) is 9.81. The van der Waals surface area contributed by atoms with Gasteiger partial charge in [0.05, 0.1) is 0 Å². The molecule has 0 heteroatoms. The molecule has 0 aliphatic heterocycles. The van der Waals surface area contributed by atoms with E-state index in [0.717, 1.165) is 0 Å². The van der Waals surface area contributed by atoms with E-state index in [0.29, 0.717) is 17.8 Å². The molecule has 0 saturated carbocycles. The van der Waals surface area contributed by atoms with Gasteiger partial charge in [-0.05, 0) is 19.8 Å². The molecule has 0 fully saturated rings. The van der Waals surface area contributed by atoms with Gasteiger partial charge in [0.25, 0.3) is 0 Å². The predicted octanol–water partition coefficient (Wildman–Crippen LogP) is 3.88. The van der Waals surface area contributed by atoms with Crippen molar-refractivity contribution >= 4 is 0 Å². The summed E-state index contributed by atoms with van der Waals surface area (Å²) in [6, 6.07) is 0. The van der Waals surface area contributed by atoms with Crippen molar-refractivity contribution in [1.82, 2.24) is 0 Å². The fraction of sp³-hybridized carbons (Fsp3) is 0.692. The second-order valence-corrected chi connectivity index (χ2v) is 4.32. The van der Waals surface area contributed by atoms with Crippen molar-refractivity contribution in [3.05, 3.63) is 11.6 Å². The van der Waals surface area contributed by atoms with E-state index in [1.807, 2.05) is 0 Å². The average molecular weight is 178 g/mol. The van der Waals surface area contributed by atoms with Crippen molar-refractivity contribution in [2.24, 2.45) is 17.8 Å². The Morgan fingerprint density at radius 1 is 1.00 bits per heavy atom. The van der Waals surface area contributed by atoms with Gasteiger partial charge in [-0.25, -0.2) is 0 Å². The van der Waals surface area contributed by atoms with Crippen LogP contribution in [0.2, 0.25) is 0 Å². The fourth-order valence-corrected chi connectivity index (χ4v) is 1.08. The lowest BCUT2D eigenvalue weighted by atomic mass is 9.99. The van der Waals surface area contributed by atoms with E-state index in [2.05, 4.69) is 59.5 Å². The summed E-state index contributed by atoms with van der Waals surface area (Å²) < 4.78 is 0. The van der Waals surface area contributed by atoms with Crippen LogP contribution in [0, 0.1) is 29.6 Å². The monoisotopic (exact) mass is 178 g/mol. The third-order valence-corrected chi connectivity index (χ3v) is 1.87. The van der Waals surface area contributed by atoms with Crippen LogP contribution in [0.3, 0.4) is 0 Å². The lowest BCUT2D eigenvalue weighted by molar-refractivity contribution is 0.784. The summed E-state index contributed by atoms with van der Waals surface area (Å²) in [7, 11) is 0. The quantitative estimate of drug-likeness (QED) is 0.444. The Kier molecular flexibility index (Phi) is 5.55. The van der Waals surface area contributed by atoms with Crippen LogP contribution in [0.4, 0.5) is 0 Å². The Bertz CT molecular complexity index is 220. The molecule has 0 aromatic carbocycles. The van der Waals surface area contributed by atoms with Crippen LogP contribution in [0.15, 0.2) is 11.6 Å². The van der Waals surface area contributed by atoms with Crippen molar-refractivity contribution in [2.45, 2.75) is 41.5 Å². The SMILES string of the molecule is CC(=CC(C)C)C(C)C#CC(C)C. The summed E-state index contributed by atoms with van der Waals surface area (Å²) in [6.45, 7) is 13.0. The molecule has 1 atom stereocenters. The highest BCUT2D eigenvalue weighted by Gasteiger charge is 2.00. The highest BCUT2D eigenvalue weighted by molar-refractivity contribution is 5.17. The van der Waals surface area contributed by atoms with Gasteiger partial charge in [-0.15, -0.1) is 0 Å². The zero-order chi connectivity index (χ0) is 10.4. The van der Waals surface area contributed by atoms with E-state index in [-0.39, 0.29) is 0 Å². The topological polar surface area (TPSA) is 0 Å². The summed E-state index contributed by atoms with van der Waals surface area (Å²) >= 11 is 0. The normalized spacial score (nSPS) is 14.3. The molecule has 0 saturated heterocycles. The van der Waals surface area contributed by atoms with E-state index in [1.165, 1.54) is 5.57 Å². The van der Waals surface area contributed by atoms with Crippen LogP contribution >= 0.6 is 0 Å². The average Bonchev–Trinajstić information content (AvgIpc) is 1.98. The Balaban J connectivity index is 4.29. The van der Waals surface area contributed by atoms with Crippen molar-refractivity contribution in [2.75, 3.05) is 0 Å². The number of hydrogen-bond donors (Lipinski definition) is 0. The summed E-state index contributed by atoms with van der Waals surface area (Å²) in [5.41, 5.74) is 1.39. The molecule has 0 aromatic heterocycles. The molecule has 0 aliphatic rings. The first-order valence-corrected chi connectivity index (χ1v) is 5.12. The molecule has 0 rings (SSSR count). The molecule has 0 amide bonds. The van der Waals surface area contributed by atoms with Gasteiger partial charge in [-0.3, -0.25) is 0 Å². The predicted molar refractivity (Wildman–Crippen MR) is 60.4 cm³/mol. The minimum Gasteiger partial charge on any atom is -0.0999 e. The molecule has 1 unspecified atom stereocenters. The standard InChI is InChI=1S/C13H22/c1-10(2)7-8-12(5)13(6)9-11(3)4/h9-12H,1-6H3. The molecule has 0 aliphatic carbocycles. The Labute approximate surface area is 83.4 Å². The first kappa shape index (κ1) is 12.3. The molecule has 74 valence electrons. The maximum atomic E-state index is 3.27. The first-order chi connectivity index (χ1) is 5.93. The second kappa shape index (κ2) is 5.86. The van der Waals surface area contributed by atoms with Crippen molar-refractivity contribution in [1.29, 1.82) is 0 Å². The van der Waals surface area contributed by atoms with Crippen LogP contribution < -0.4 is 0 Å². The summed E-state index contributed by atoms with van der Waals surface area (Å²) in [5, 5.41) is 0. The Morgan fingerprint density at radius 3 is 1.92 bits per heavy atom. The van der Waals surface area contributed by atoms with Gasteiger partial charge in [0.15, 0.2) is 0 Å². The molecular weight excluding hydrogens is 156 g/mol. The van der Waals surface area contributed by atoms with Gasteiger partial charge in [-0.1, -0.05) is 51.2 Å². The smallest absolute Gasteiger partial charge is 0.0381 e. The van der Waals surface area contributed by atoms with Crippen LogP contribution in [0.25, 0.3) is 0 Å². The molecule has 0 heterocycles. The highest BCUT2D eigenvalue weighted by atomic mass is 14.0. The lowest BCUT2D eigenvalue weighted by Gasteiger charge is -2.06. The van der Waals surface area contributed by atoms with Crippen LogP contribution in [0.5, 0.6) is 0 Å². The number of allylic oxidation sites excluding steroid dienone is 2. The van der Waals surface area contributed by atoms with E-state index in [9.17, 15) is 0 Å². The van der Waals surface area contributed by atoms with Gasteiger partial charge < -0.3 is 0 Å². The molecule has 0 aromatic rings. The van der Waals surface area contributed by atoms with Gasteiger partial charge in [-0.2, -0.15) is 0 Å². The fourth-order valence-electron chi connectivity index (χ4n) is 1.08. The lowest BCUT2D eigenvalue weighted by Crippen LogP contribution is -1.95. The minimum atomic E-state index is 0.407. The van der Waals surface area contributed by atoms with E-state index < -0.39 is 0 Å². The Hall–Kier alpha value is -0.700. The van der Waals surface area contributed by atoms with E-state index in [4.69, 9.17) is 0 Å². The third-order valence-electron chi connectivity index (χ3n) is 1.87. The van der Waals surface area contributed by atoms with E-state index >= 15 is 0 Å². The van der Waals surface area contributed by atoms with Gasteiger partial charge >= 0.3 is 0 Å². The van der Waals surface area contributed by atoms with E-state index in [1.54, 1.807) is 0 Å². The van der Waals surface area contributed by atoms with Gasteiger partial charge in [0.2, 0.25) is 0 Å². The summed E-state index contributed by atoms with van der Waals surface area (Å²) in [4.78, 5) is 0. The molecule has 13 heavy (non-hydrogen) atoms. The molecule has 0 N–H and O–H groups in total. The summed E-state index contributed by atoms with van der Waals surface area (Å²) in [5.74, 6) is 7.99. The molecule has 0 spiro atoms. The molecule has 0 nitrogen and oxygen atoms in total. The maximum Gasteiger partial charge on any atom is 0.0381 e. The van der Waals surface area contributed by atoms with Crippen molar-refractivity contribution < 1.29 is 0 Å². The first-order valence-electron chi connectivity index (χ1n) is 5.12. The number of rotatable bonds is 2. The number of hydrogen-bond acceptors (Lipinski definition) is 0. The minimum absolute atomic E-state index is 0.407.